The van der Waals surface area contributed by atoms with Gasteiger partial charge in [-0.2, -0.15) is 0 Å². The summed E-state index contributed by atoms with van der Waals surface area (Å²) >= 11 is 0. The summed E-state index contributed by atoms with van der Waals surface area (Å²) in [4.78, 5) is 0. The van der Waals surface area contributed by atoms with Gasteiger partial charge in [0.2, 0.25) is 0 Å². The fourth-order valence-corrected chi connectivity index (χ4v) is 1.41. The van der Waals surface area contributed by atoms with Crippen molar-refractivity contribution in [1.82, 2.24) is 0 Å². The van der Waals surface area contributed by atoms with Gasteiger partial charge in [-0.25, -0.2) is 0 Å². The Balaban J connectivity index is 0.000000461. The van der Waals surface area contributed by atoms with E-state index in [9.17, 15) is 0 Å². The van der Waals surface area contributed by atoms with Gasteiger partial charge in [-0.05, 0) is 24.2 Å². The van der Waals surface area contributed by atoms with Gasteiger partial charge in [0, 0.05) is 0 Å². The molecule has 2 atom stereocenters. The Hall–Kier alpha value is -0.260. The quantitative estimate of drug-likeness (QED) is 0.503. The fourth-order valence-electron chi connectivity index (χ4n) is 1.41. The van der Waals surface area contributed by atoms with E-state index in [2.05, 4.69) is 32.9 Å². The summed E-state index contributed by atoms with van der Waals surface area (Å²) in [6, 6.07) is 0. The van der Waals surface area contributed by atoms with Gasteiger partial charge in [-0.15, -0.1) is 0 Å². The highest BCUT2D eigenvalue weighted by Crippen LogP contribution is 2.28. The second kappa shape index (κ2) is 5.40. The van der Waals surface area contributed by atoms with Gasteiger partial charge in [0.1, 0.15) is 0 Å². The molecule has 0 aliphatic heterocycles. The first-order valence-corrected chi connectivity index (χ1v) is 4.88. The van der Waals surface area contributed by atoms with Crippen molar-refractivity contribution in [2.75, 3.05) is 0 Å². The van der Waals surface area contributed by atoms with Gasteiger partial charge in [0.05, 0.1) is 0 Å². The van der Waals surface area contributed by atoms with Crippen molar-refractivity contribution in [3.63, 3.8) is 0 Å². The predicted molar refractivity (Wildman–Crippen MR) is 52.6 cm³/mol. The van der Waals surface area contributed by atoms with E-state index in [1.54, 1.807) is 0 Å². The minimum atomic E-state index is 0.831. The number of hydrogen-bond donors (Lipinski definition) is 0. The minimum absolute atomic E-state index is 0.831. The van der Waals surface area contributed by atoms with E-state index in [4.69, 9.17) is 0 Å². The molecule has 0 amide bonds. The third-order valence-corrected chi connectivity index (χ3v) is 2.19. The van der Waals surface area contributed by atoms with Gasteiger partial charge in [0.15, 0.2) is 0 Å². The molecule has 0 saturated heterocycles. The average molecular weight is 154 g/mol. The molecular weight excluding hydrogens is 132 g/mol. The molecule has 0 saturated carbocycles. The smallest absolute Gasteiger partial charge is 0.0205 e. The lowest BCUT2D eigenvalue weighted by molar-refractivity contribution is 0.425. The van der Waals surface area contributed by atoms with Crippen LogP contribution in [0, 0.1) is 17.8 Å². The maximum atomic E-state index is 2.37. The SMILES string of the molecule is CC.CC1C=CC(C(C)C)C1. The highest BCUT2D eigenvalue weighted by molar-refractivity contribution is 5.01. The Morgan fingerprint density at radius 3 is 1.91 bits per heavy atom. The van der Waals surface area contributed by atoms with E-state index in [0.29, 0.717) is 0 Å². The summed E-state index contributed by atoms with van der Waals surface area (Å²) in [7, 11) is 0. The predicted octanol–water partition coefficient (Wildman–Crippen LogP) is 3.88. The van der Waals surface area contributed by atoms with E-state index in [1.807, 2.05) is 13.8 Å². The summed E-state index contributed by atoms with van der Waals surface area (Å²) in [5.74, 6) is 2.53. The molecule has 1 aliphatic rings. The third kappa shape index (κ3) is 3.60. The van der Waals surface area contributed by atoms with Crippen LogP contribution in [0.25, 0.3) is 0 Å². The maximum Gasteiger partial charge on any atom is -0.0205 e. The Morgan fingerprint density at radius 1 is 1.18 bits per heavy atom. The van der Waals surface area contributed by atoms with E-state index in [-0.39, 0.29) is 0 Å². The Kier molecular flexibility index (Phi) is 5.27. The molecule has 0 heterocycles. The van der Waals surface area contributed by atoms with Crippen LogP contribution in [0.4, 0.5) is 0 Å². The summed E-state index contributed by atoms with van der Waals surface area (Å²) in [6.07, 6.45) is 6.08. The lowest BCUT2D eigenvalue weighted by atomic mass is 9.93. The van der Waals surface area contributed by atoms with E-state index in [1.165, 1.54) is 6.42 Å². The zero-order chi connectivity index (χ0) is 8.85. The monoisotopic (exact) mass is 154 g/mol. The first-order valence-electron chi connectivity index (χ1n) is 4.88. The molecule has 0 radical (unpaired) electrons. The molecule has 0 heteroatoms. The van der Waals surface area contributed by atoms with Crippen molar-refractivity contribution in [3.05, 3.63) is 12.2 Å². The molecule has 66 valence electrons. The lowest BCUT2D eigenvalue weighted by Crippen LogP contribution is -2.02. The van der Waals surface area contributed by atoms with Crippen LogP contribution in [0.2, 0.25) is 0 Å². The highest BCUT2D eigenvalue weighted by atomic mass is 14.2. The van der Waals surface area contributed by atoms with Crippen molar-refractivity contribution < 1.29 is 0 Å². The molecule has 1 rings (SSSR count). The summed E-state index contributed by atoms with van der Waals surface area (Å²) < 4.78 is 0. The lowest BCUT2D eigenvalue weighted by Gasteiger charge is -2.12. The molecule has 0 fully saturated rings. The molecular formula is C11H22. The van der Waals surface area contributed by atoms with Crippen molar-refractivity contribution in [1.29, 1.82) is 0 Å². The molecule has 0 aromatic carbocycles. The van der Waals surface area contributed by atoms with Crippen LogP contribution >= 0.6 is 0 Å². The second-order valence-corrected chi connectivity index (χ2v) is 3.51. The summed E-state index contributed by atoms with van der Waals surface area (Å²) in [5.41, 5.74) is 0. The topological polar surface area (TPSA) is 0 Å². The number of allylic oxidation sites excluding steroid dienone is 2. The normalized spacial score (nSPS) is 28.5. The van der Waals surface area contributed by atoms with Crippen LogP contribution in [0.1, 0.15) is 41.0 Å². The van der Waals surface area contributed by atoms with Gasteiger partial charge in [-0.1, -0.05) is 46.8 Å². The second-order valence-electron chi connectivity index (χ2n) is 3.51. The van der Waals surface area contributed by atoms with Crippen molar-refractivity contribution >= 4 is 0 Å². The van der Waals surface area contributed by atoms with Gasteiger partial charge in [-0.3, -0.25) is 0 Å². The molecule has 11 heavy (non-hydrogen) atoms. The molecule has 0 aromatic rings. The minimum Gasteiger partial charge on any atom is -0.0854 e. The third-order valence-electron chi connectivity index (χ3n) is 2.19. The fraction of sp³-hybridized carbons (Fsp3) is 0.818. The van der Waals surface area contributed by atoms with Crippen LogP contribution in [0.3, 0.4) is 0 Å². The van der Waals surface area contributed by atoms with E-state index < -0.39 is 0 Å². The van der Waals surface area contributed by atoms with Crippen LogP contribution in [0.5, 0.6) is 0 Å². The number of rotatable bonds is 1. The molecule has 0 spiro atoms. The van der Waals surface area contributed by atoms with Crippen molar-refractivity contribution in [2.24, 2.45) is 17.8 Å². The molecule has 1 aliphatic carbocycles. The first-order chi connectivity index (χ1) is 5.20. The maximum absolute atomic E-state index is 2.37. The zero-order valence-electron chi connectivity index (χ0n) is 8.59. The summed E-state index contributed by atoms with van der Waals surface area (Å²) in [6.45, 7) is 10.9. The van der Waals surface area contributed by atoms with Crippen molar-refractivity contribution in [2.45, 2.75) is 41.0 Å². The van der Waals surface area contributed by atoms with E-state index in [0.717, 1.165) is 17.8 Å². The first kappa shape index (κ1) is 10.7. The largest absolute Gasteiger partial charge is 0.0854 e. The summed E-state index contributed by atoms with van der Waals surface area (Å²) in [5, 5.41) is 0. The van der Waals surface area contributed by atoms with Crippen LogP contribution in [-0.4, -0.2) is 0 Å². The molecule has 0 nitrogen and oxygen atoms in total. The van der Waals surface area contributed by atoms with Gasteiger partial charge < -0.3 is 0 Å². The van der Waals surface area contributed by atoms with Crippen LogP contribution < -0.4 is 0 Å². The Bertz CT molecular complexity index is 111. The Morgan fingerprint density at radius 2 is 1.73 bits per heavy atom. The van der Waals surface area contributed by atoms with E-state index >= 15 is 0 Å². The van der Waals surface area contributed by atoms with Crippen molar-refractivity contribution in [3.8, 4) is 0 Å². The zero-order valence-corrected chi connectivity index (χ0v) is 8.59. The van der Waals surface area contributed by atoms with Gasteiger partial charge in [0.25, 0.3) is 0 Å². The Labute approximate surface area is 71.7 Å². The molecule has 0 aromatic heterocycles. The van der Waals surface area contributed by atoms with Gasteiger partial charge >= 0.3 is 0 Å². The number of hydrogen-bond acceptors (Lipinski definition) is 0. The highest BCUT2D eigenvalue weighted by Gasteiger charge is 2.17. The standard InChI is InChI=1S/C9H16.C2H6/c1-7(2)9-5-4-8(3)6-9;1-2/h4-5,7-9H,6H2,1-3H3;1-2H3. The molecule has 2 unspecified atom stereocenters. The van der Waals surface area contributed by atoms with Crippen LogP contribution in [-0.2, 0) is 0 Å². The molecule has 0 N–H and O–H groups in total. The average Bonchev–Trinajstić information content (AvgIpc) is 2.40. The molecule has 0 bridgehead atoms. The van der Waals surface area contributed by atoms with Crippen LogP contribution in [0.15, 0.2) is 12.2 Å².